The molecule has 0 unspecified atom stereocenters. The van der Waals surface area contributed by atoms with Crippen molar-refractivity contribution in [2.24, 2.45) is 5.16 Å². The number of ketones is 1. The monoisotopic (exact) mass is 326 g/mol. The molecule has 0 spiro atoms. The third kappa shape index (κ3) is 3.62. The Morgan fingerprint density at radius 3 is 2.17 bits per heavy atom. The van der Waals surface area contributed by atoms with Gasteiger partial charge in [0.1, 0.15) is 7.11 Å². The lowest BCUT2D eigenvalue weighted by atomic mass is 9.82. The average Bonchev–Trinajstić information content (AvgIpc) is 2.61. The summed E-state index contributed by atoms with van der Waals surface area (Å²) in [5.74, 6) is -0.442. The predicted octanol–water partition coefficient (Wildman–Crippen LogP) is 3.04. The summed E-state index contributed by atoms with van der Waals surface area (Å²) in [6.45, 7) is 4.02. The molecule has 0 bridgehead atoms. The van der Waals surface area contributed by atoms with E-state index in [2.05, 4.69) is 10.5 Å². The van der Waals surface area contributed by atoms with E-state index in [9.17, 15) is 9.59 Å². The summed E-state index contributed by atoms with van der Waals surface area (Å²) in [5.41, 5.74) is 4.28. The lowest BCUT2D eigenvalue weighted by Gasteiger charge is -2.22. The van der Waals surface area contributed by atoms with E-state index < -0.39 is 0 Å². The maximum atomic E-state index is 13.0. The molecule has 1 amide bonds. The Bertz CT molecular complexity index is 743. The SMILES string of the molecule is CNC(=O)/C(=N\OC)C1=C(C(=O)c2ccccc2)CC(C)=C(C)C1. The fourth-order valence-corrected chi connectivity index (χ4v) is 2.70. The highest BCUT2D eigenvalue weighted by Crippen LogP contribution is 2.32. The van der Waals surface area contributed by atoms with Crippen molar-refractivity contribution >= 4 is 17.4 Å². The molecule has 1 N–H and O–H groups in total. The number of carbonyl (C=O) groups is 2. The van der Waals surface area contributed by atoms with E-state index in [0.29, 0.717) is 29.6 Å². The molecule has 2 rings (SSSR count). The minimum Gasteiger partial charge on any atom is -0.398 e. The normalized spacial score (nSPS) is 15.4. The van der Waals surface area contributed by atoms with Gasteiger partial charge in [0.15, 0.2) is 11.5 Å². The Morgan fingerprint density at radius 2 is 1.62 bits per heavy atom. The fraction of sp³-hybridized carbons (Fsp3) is 0.316. The van der Waals surface area contributed by atoms with E-state index >= 15 is 0 Å². The van der Waals surface area contributed by atoms with E-state index in [0.717, 1.165) is 11.1 Å². The van der Waals surface area contributed by atoms with Crippen molar-refractivity contribution in [3.05, 3.63) is 58.2 Å². The number of nitrogens with zero attached hydrogens (tertiary/aromatic N) is 1. The summed E-state index contributed by atoms with van der Waals surface area (Å²) >= 11 is 0. The first-order chi connectivity index (χ1) is 11.5. The summed E-state index contributed by atoms with van der Waals surface area (Å²) in [6.07, 6.45) is 1.02. The van der Waals surface area contributed by atoms with Crippen molar-refractivity contribution in [1.29, 1.82) is 0 Å². The van der Waals surface area contributed by atoms with E-state index in [1.54, 1.807) is 12.1 Å². The number of rotatable bonds is 5. The van der Waals surface area contributed by atoms with Crippen LogP contribution in [0.1, 0.15) is 37.0 Å². The van der Waals surface area contributed by atoms with Crippen molar-refractivity contribution in [1.82, 2.24) is 5.32 Å². The maximum absolute atomic E-state index is 13.0. The Balaban J connectivity index is 2.57. The van der Waals surface area contributed by atoms with Gasteiger partial charge in [-0.2, -0.15) is 0 Å². The van der Waals surface area contributed by atoms with Gasteiger partial charge < -0.3 is 10.2 Å². The van der Waals surface area contributed by atoms with Crippen LogP contribution in [0.5, 0.6) is 0 Å². The van der Waals surface area contributed by atoms with Crippen LogP contribution in [-0.2, 0) is 9.63 Å². The number of allylic oxidation sites excluding steroid dienone is 3. The van der Waals surface area contributed by atoms with Gasteiger partial charge >= 0.3 is 0 Å². The number of hydrogen-bond acceptors (Lipinski definition) is 4. The van der Waals surface area contributed by atoms with Crippen molar-refractivity contribution in [3.8, 4) is 0 Å². The maximum Gasteiger partial charge on any atom is 0.273 e. The first kappa shape index (κ1) is 17.7. The van der Waals surface area contributed by atoms with Gasteiger partial charge in [0.2, 0.25) is 0 Å². The third-order valence-corrected chi connectivity index (χ3v) is 4.20. The largest absolute Gasteiger partial charge is 0.398 e. The summed E-state index contributed by atoms with van der Waals surface area (Å²) in [7, 11) is 2.92. The molecule has 126 valence electrons. The first-order valence-corrected chi connectivity index (χ1v) is 7.80. The second-order valence-corrected chi connectivity index (χ2v) is 5.77. The second-order valence-electron chi connectivity index (χ2n) is 5.77. The number of hydrogen-bond donors (Lipinski definition) is 1. The van der Waals surface area contributed by atoms with E-state index in [1.165, 1.54) is 14.2 Å². The molecule has 5 heteroatoms. The van der Waals surface area contributed by atoms with E-state index in [-0.39, 0.29) is 17.4 Å². The van der Waals surface area contributed by atoms with Crippen molar-refractivity contribution in [2.45, 2.75) is 26.7 Å². The van der Waals surface area contributed by atoms with Crippen molar-refractivity contribution in [3.63, 3.8) is 0 Å². The Kier molecular flexibility index (Phi) is 5.68. The minimum atomic E-state index is -0.363. The molecule has 0 saturated carbocycles. The van der Waals surface area contributed by atoms with Crippen LogP contribution in [0.4, 0.5) is 0 Å². The molecule has 1 aliphatic rings. The molecule has 0 aliphatic heterocycles. The highest BCUT2D eigenvalue weighted by atomic mass is 16.6. The topological polar surface area (TPSA) is 67.8 Å². The highest BCUT2D eigenvalue weighted by molar-refractivity contribution is 6.46. The van der Waals surface area contributed by atoms with Crippen molar-refractivity contribution < 1.29 is 14.4 Å². The number of oxime groups is 1. The van der Waals surface area contributed by atoms with Crippen LogP contribution in [0.3, 0.4) is 0 Å². The smallest absolute Gasteiger partial charge is 0.273 e. The molecule has 0 radical (unpaired) electrons. The fourth-order valence-electron chi connectivity index (χ4n) is 2.70. The lowest BCUT2D eigenvalue weighted by Crippen LogP contribution is -2.31. The van der Waals surface area contributed by atoms with E-state index in [4.69, 9.17) is 4.84 Å². The van der Waals surface area contributed by atoms with Gasteiger partial charge in [-0.15, -0.1) is 0 Å². The highest BCUT2D eigenvalue weighted by Gasteiger charge is 2.28. The Hall–Kier alpha value is -2.69. The van der Waals surface area contributed by atoms with Crippen molar-refractivity contribution in [2.75, 3.05) is 14.2 Å². The molecular weight excluding hydrogens is 304 g/mol. The van der Waals surface area contributed by atoms with E-state index in [1.807, 2.05) is 32.0 Å². The van der Waals surface area contributed by atoms with Gasteiger partial charge in [-0.1, -0.05) is 46.6 Å². The lowest BCUT2D eigenvalue weighted by molar-refractivity contribution is -0.114. The molecule has 0 saturated heterocycles. The van der Waals surface area contributed by atoms with Gasteiger partial charge in [-0.05, 0) is 32.3 Å². The van der Waals surface area contributed by atoms with Crippen LogP contribution in [0.25, 0.3) is 0 Å². The zero-order chi connectivity index (χ0) is 17.7. The van der Waals surface area contributed by atoms with Crippen LogP contribution < -0.4 is 5.32 Å². The summed E-state index contributed by atoms with van der Waals surface area (Å²) in [6, 6.07) is 9.08. The van der Waals surface area contributed by atoms with Gasteiger partial charge in [0.25, 0.3) is 5.91 Å². The van der Waals surface area contributed by atoms with Gasteiger partial charge in [0, 0.05) is 18.2 Å². The van der Waals surface area contributed by atoms with Crippen LogP contribution in [-0.4, -0.2) is 31.6 Å². The number of benzene rings is 1. The van der Waals surface area contributed by atoms with Gasteiger partial charge in [-0.25, -0.2) is 0 Å². The molecule has 0 heterocycles. The molecule has 5 nitrogen and oxygen atoms in total. The molecule has 0 atom stereocenters. The van der Waals surface area contributed by atoms with Crippen LogP contribution in [0.2, 0.25) is 0 Å². The number of carbonyl (C=O) groups excluding carboxylic acids is 2. The van der Waals surface area contributed by atoms with Gasteiger partial charge in [-0.3, -0.25) is 9.59 Å². The molecule has 1 aromatic carbocycles. The summed E-state index contributed by atoms with van der Waals surface area (Å²) in [5, 5.41) is 6.44. The average molecular weight is 326 g/mol. The molecule has 24 heavy (non-hydrogen) atoms. The minimum absolute atomic E-state index is 0.0786. The first-order valence-electron chi connectivity index (χ1n) is 7.80. The summed E-state index contributed by atoms with van der Waals surface area (Å²) in [4.78, 5) is 30.0. The quantitative estimate of drug-likeness (QED) is 0.391. The molecule has 0 aromatic heterocycles. The Labute approximate surface area is 142 Å². The number of nitrogens with one attached hydrogen (secondary N) is 1. The standard InChI is InChI=1S/C19H22N2O3/c1-12-10-15(17(21-24-4)19(23)20-3)16(11-13(12)2)18(22)14-8-6-5-7-9-14/h5-9H,10-11H2,1-4H3,(H,20,23)/b21-17-. The summed E-state index contributed by atoms with van der Waals surface area (Å²) < 4.78 is 0. The zero-order valence-electron chi connectivity index (χ0n) is 14.5. The second kappa shape index (κ2) is 7.73. The number of Topliss-reactive ketones (excluding diaryl/α,β-unsaturated/α-hetero) is 1. The third-order valence-electron chi connectivity index (χ3n) is 4.20. The molecule has 1 aromatic rings. The Morgan fingerprint density at radius 1 is 1.04 bits per heavy atom. The zero-order valence-corrected chi connectivity index (χ0v) is 14.5. The van der Waals surface area contributed by atoms with Gasteiger partial charge in [0.05, 0.1) is 0 Å². The van der Waals surface area contributed by atoms with Crippen LogP contribution >= 0.6 is 0 Å². The molecule has 1 aliphatic carbocycles. The number of amides is 1. The molecular formula is C19H22N2O3. The predicted molar refractivity (Wildman–Crippen MR) is 93.9 cm³/mol. The van der Waals surface area contributed by atoms with Crippen LogP contribution in [0, 0.1) is 0 Å². The van der Waals surface area contributed by atoms with Crippen LogP contribution in [0.15, 0.2) is 57.8 Å². The molecule has 0 fully saturated rings.